The Bertz CT molecular complexity index is 1110. The SMILES string of the molecule is Cn1c2ccccc2c2c(C(=O)N3CCCC3)cn(C3CCCCC3)c(=O)c21. The van der Waals surface area contributed by atoms with Gasteiger partial charge in [0.05, 0.1) is 5.56 Å². The van der Waals surface area contributed by atoms with Crippen LogP contribution in [0.1, 0.15) is 61.3 Å². The van der Waals surface area contributed by atoms with Crippen LogP contribution in [0.2, 0.25) is 0 Å². The van der Waals surface area contributed by atoms with Gasteiger partial charge in [-0.15, -0.1) is 0 Å². The predicted molar refractivity (Wildman–Crippen MR) is 112 cm³/mol. The van der Waals surface area contributed by atoms with E-state index in [9.17, 15) is 9.59 Å². The molecule has 28 heavy (non-hydrogen) atoms. The lowest BCUT2D eigenvalue weighted by atomic mass is 9.95. The van der Waals surface area contributed by atoms with Gasteiger partial charge in [-0.2, -0.15) is 0 Å². The smallest absolute Gasteiger partial charge is 0.275 e. The second-order valence-corrected chi connectivity index (χ2v) is 8.35. The number of pyridine rings is 1. The first-order valence-corrected chi connectivity index (χ1v) is 10.6. The van der Waals surface area contributed by atoms with Crippen molar-refractivity contribution in [2.45, 2.75) is 51.0 Å². The molecular weight excluding hydrogens is 350 g/mol. The summed E-state index contributed by atoms with van der Waals surface area (Å²) in [7, 11) is 1.95. The highest BCUT2D eigenvalue weighted by atomic mass is 16.2. The number of hydrogen-bond acceptors (Lipinski definition) is 2. The van der Waals surface area contributed by atoms with Crippen molar-refractivity contribution < 1.29 is 4.79 Å². The van der Waals surface area contributed by atoms with E-state index in [2.05, 4.69) is 0 Å². The normalized spacial score (nSPS) is 18.4. The molecule has 0 radical (unpaired) electrons. The summed E-state index contributed by atoms with van der Waals surface area (Å²) in [5, 5.41) is 1.82. The van der Waals surface area contributed by atoms with E-state index in [-0.39, 0.29) is 17.5 Å². The van der Waals surface area contributed by atoms with Crippen molar-refractivity contribution in [3.05, 3.63) is 46.4 Å². The number of carbonyl (C=O) groups excluding carboxylic acids is 1. The van der Waals surface area contributed by atoms with Crippen LogP contribution in [0.4, 0.5) is 0 Å². The Balaban J connectivity index is 1.82. The number of amides is 1. The van der Waals surface area contributed by atoms with Gasteiger partial charge in [0.25, 0.3) is 11.5 Å². The molecule has 0 spiro atoms. The van der Waals surface area contributed by atoms with Gasteiger partial charge in [0, 0.05) is 48.7 Å². The Morgan fingerprint density at radius 2 is 1.71 bits per heavy atom. The van der Waals surface area contributed by atoms with E-state index in [0.717, 1.165) is 67.9 Å². The average molecular weight is 377 g/mol. The second-order valence-electron chi connectivity index (χ2n) is 8.35. The van der Waals surface area contributed by atoms with E-state index < -0.39 is 0 Å². The second kappa shape index (κ2) is 6.80. The molecule has 1 saturated carbocycles. The van der Waals surface area contributed by atoms with Crippen molar-refractivity contribution in [1.29, 1.82) is 0 Å². The van der Waals surface area contributed by atoms with Crippen LogP contribution in [0.3, 0.4) is 0 Å². The van der Waals surface area contributed by atoms with Crippen molar-refractivity contribution in [1.82, 2.24) is 14.0 Å². The van der Waals surface area contributed by atoms with Gasteiger partial charge in [-0.1, -0.05) is 37.5 Å². The van der Waals surface area contributed by atoms with Gasteiger partial charge in [-0.05, 0) is 31.7 Å². The van der Waals surface area contributed by atoms with Gasteiger partial charge in [0.1, 0.15) is 5.52 Å². The topological polar surface area (TPSA) is 47.2 Å². The molecule has 2 aromatic heterocycles. The highest BCUT2D eigenvalue weighted by Crippen LogP contribution is 2.33. The quantitative estimate of drug-likeness (QED) is 0.671. The largest absolute Gasteiger partial charge is 0.339 e. The maximum Gasteiger partial charge on any atom is 0.275 e. The van der Waals surface area contributed by atoms with Gasteiger partial charge >= 0.3 is 0 Å². The molecule has 146 valence electrons. The van der Waals surface area contributed by atoms with Gasteiger partial charge in [0.15, 0.2) is 0 Å². The Morgan fingerprint density at radius 1 is 1.00 bits per heavy atom. The van der Waals surface area contributed by atoms with Crippen LogP contribution in [0.5, 0.6) is 0 Å². The van der Waals surface area contributed by atoms with Crippen molar-refractivity contribution in [2.75, 3.05) is 13.1 Å². The molecule has 1 aromatic carbocycles. The third-order valence-electron chi connectivity index (χ3n) is 6.67. The van der Waals surface area contributed by atoms with Crippen LogP contribution in [0.25, 0.3) is 21.8 Å². The summed E-state index contributed by atoms with van der Waals surface area (Å²) in [6.07, 6.45) is 9.59. The molecule has 0 bridgehead atoms. The zero-order valence-corrected chi connectivity index (χ0v) is 16.5. The zero-order chi connectivity index (χ0) is 19.3. The summed E-state index contributed by atoms with van der Waals surface area (Å²) in [6, 6.07) is 8.24. The molecule has 5 nitrogen and oxygen atoms in total. The van der Waals surface area contributed by atoms with Crippen LogP contribution in [0.15, 0.2) is 35.3 Å². The number of para-hydroxylation sites is 1. The maximum absolute atomic E-state index is 13.5. The summed E-state index contributed by atoms with van der Waals surface area (Å²) in [4.78, 5) is 28.9. The number of carbonyl (C=O) groups is 1. The predicted octanol–water partition coefficient (Wildman–Crippen LogP) is 4.23. The van der Waals surface area contributed by atoms with Crippen LogP contribution in [-0.4, -0.2) is 33.0 Å². The fraction of sp³-hybridized carbons (Fsp3) is 0.478. The first-order chi connectivity index (χ1) is 13.7. The van der Waals surface area contributed by atoms with Crippen LogP contribution in [-0.2, 0) is 7.05 Å². The van der Waals surface area contributed by atoms with Crippen LogP contribution >= 0.6 is 0 Å². The summed E-state index contributed by atoms with van der Waals surface area (Å²) in [5.74, 6) is 0.0726. The third-order valence-corrected chi connectivity index (χ3v) is 6.67. The van der Waals surface area contributed by atoms with E-state index in [0.29, 0.717) is 11.1 Å². The molecular formula is C23H27N3O2. The number of aryl methyl sites for hydroxylation is 1. The molecule has 2 fully saturated rings. The van der Waals surface area contributed by atoms with Crippen molar-refractivity contribution >= 4 is 27.7 Å². The summed E-state index contributed by atoms with van der Waals surface area (Å²) < 4.78 is 3.86. The van der Waals surface area contributed by atoms with E-state index in [4.69, 9.17) is 0 Å². The molecule has 0 unspecified atom stereocenters. The van der Waals surface area contributed by atoms with Crippen LogP contribution < -0.4 is 5.56 Å². The highest BCUT2D eigenvalue weighted by molar-refractivity contribution is 6.17. The maximum atomic E-state index is 13.5. The number of aromatic nitrogens is 2. The number of fused-ring (bicyclic) bond motifs is 3. The molecule has 3 heterocycles. The Labute approximate surface area is 164 Å². The van der Waals surface area contributed by atoms with Gasteiger partial charge < -0.3 is 14.0 Å². The molecule has 1 aliphatic carbocycles. The minimum Gasteiger partial charge on any atom is -0.339 e. The summed E-state index contributed by atoms with van der Waals surface area (Å²) >= 11 is 0. The van der Waals surface area contributed by atoms with Crippen LogP contribution in [0, 0.1) is 0 Å². The lowest BCUT2D eigenvalue weighted by molar-refractivity contribution is 0.0793. The lowest BCUT2D eigenvalue weighted by Crippen LogP contribution is -2.32. The Hall–Kier alpha value is -2.56. The molecule has 0 atom stereocenters. The van der Waals surface area contributed by atoms with E-state index in [1.165, 1.54) is 6.42 Å². The van der Waals surface area contributed by atoms with Crippen molar-refractivity contribution in [3.8, 4) is 0 Å². The first kappa shape index (κ1) is 17.5. The number of benzene rings is 1. The highest BCUT2D eigenvalue weighted by Gasteiger charge is 2.28. The number of rotatable bonds is 2. The number of likely N-dealkylation sites (tertiary alicyclic amines) is 1. The fourth-order valence-corrected chi connectivity index (χ4v) is 5.18. The standard InChI is InChI=1S/C23H27N3O2/c1-24-19-12-6-5-11-17(19)20-18(22(27)25-13-7-8-14-25)15-26(23(28)21(20)24)16-9-3-2-4-10-16/h5-6,11-12,15-16H,2-4,7-10,13-14H2,1H3. The first-order valence-electron chi connectivity index (χ1n) is 10.6. The average Bonchev–Trinajstić information content (AvgIpc) is 3.37. The number of nitrogens with zero attached hydrogens (tertiary/aromatic N) is 3. The molecule has 1 aliphatic heterocycles. The molecule has 2 aliphatic rings. The third kappa shape index (κ3) is 2.60. The fourth-order valence-electron chi connectivity index (χ4n) is 5.18. The van der Waals surface area contributed by atoms with Gasteiger partial charge in [-0.25, -0.2) is 0 Å². The van der Waals surface area contributed by atoms with Gasteiger partial charge in [0.2, 0.25) is 0 Å². The molecule has 5 heteroatoms. The molecule has 1 amide bonds. The van der Waals surface area contributed by atoms with E-state index in [1.807, 2.05) is 51.5 Å². The number of hydrogen-bond donors (Lipinski definition) is 0. The molecule has 1 saturated heterocycles. The molecule has 3 aromatic rings. The Morgan fingerprint density at radius 3 is 2.46 bits per heavy atom. The summed E-state index contributed by atoms with van der Waals surface area (Å²) in [5.41, 5.74) is 2.40. The monoisotopic (exact) mass is 377 g/mol. The van der Waals surface area contributed by atoms with E-state index >= 15 is 0 Å². The molecule has 0 N–H and O–H groups in total. The van der Waals surface area contributed by atoms with Crippen molar-refractivity contribution in [3.63, 3.8) is 0 Å². The minimum atomic E-state index is 0.0403. The molecule has 5 rings (SSSR count). The summed E-state index contributed by atoms with van der Waals surface area (Å²) in [6.45, 7) is 1.63. The zero-order valence-electron chi connectivity index (χ0n) is 16.5. The Kier molecular flexibility index (Phi) is 4.26. The lowest BCUT2D eigenvalue weighted by Gasteiger charge is -2.25. The minimum absolute atomic E-state index is 0.0403. The van der Waals surface area contributed by atoms with Crippen molar-refractivity contribution in [2.24, 2.45) is 7.05 Å². The van der Waals surface area contributed by atoms with Gasteiger partial charge in [-0.3, -0.25) is 9.59 Å². The van der Waals surface area contributed by atoms with E-state index in [1.54, 1.807) is 0 Å².